The second-order valence-electron chi connectivity index (χ2n) is 6.28. The quantitative estimate of drug-likeness (QED) is 0.749. The van der Waals surface area contributed by atoms with Crippen molar-refractivity contribution in [3.8, 4) is 0 Å². The number of hydrogen-bond donors (Lipinski definition) is 1. The maximum absolute atomic E-state index is 12.2. The van der Waals surface area contributed by atoms with Gasteiger partial charge in [0.2, 0.25) is 11.8 Å². The van der Waals surface area contributed by atoms with E-state index in [4.69, 9.17) is 23.2 Å². The van der Waals surface area contributed by atoms with Crippen LogP contribution in [0.25, 0.3) is 0 Å². The van der Waals surface area contributed by atoms with Crippen LogP contribution in [0.15, 0.2) is 18.2 Å². The SMILES string of the molecule is CC(=O)N(CCC(=O)Nc1ccc(Cl)cc1Cl)C1CCCCCC1. The molecule has 4 nitrogen and oxygen atoms in total. The molecule has 0 aliphatic heterocycles. The summed E-state index contributed by atoms with van der Waals surface area (Å²) in [5, 5.41) is 3.71. The molecule has 0 spiro atoms. The van der Waals surface area contributed by atoms with Gasteiger partial charge in [0.25, 0.3) is 0 Å². The molecule has 2 amide bonds. The van der Waals surface area contributed by atoms with Crippen LogP contribution < -0.4 is 5.32 Å². The fourth-order valence-electron chi connectivity index (χ4n) is 3.19. The smallest absolute Gasteiger partial charge is 0.226 e. The predicted molar refractivity (Wildman–Crippen MR) is 98.6 cm³/mol. The molecule has 24 heavy (non-hydrogen) atoms. The zero-order valence-electron chi connectivity index (χ0n) is 14.0. The van der Waals surface area contributed by atoms with Crippen LogP contribution in [-0.2, 0) is 9.59 Å². The summed E-state index contributed by atoms with van der Waals surface area (Å²) in [6.45, 7) is 2.02. The van der Waals surface area contributed by atoms with Crippen molar-refractivity contribution < 1.29 is 9.59 Å². The molecule has 0 unspecified atom stereocenters. The largest absolute Gasteiger partial charge is 0.339 e. The van der Waals surface area contributed by atoms with Crippen LogP contribution in [0.1, 0.15) is 51.9 Å². The topological polar surface area (TPSA) is 49.4 Å². The van der Waals surface area contributed by atoms with Gasteiger partial charge in [-0.25, -0.2) is 0 Å². The Balaban J connectivity index is 1.91. The van der Waals surface area contributed by atoms with Gasteiger partial charge in [0, 0.05) is 31.0 Å². The maximum Gasteiger partial charge on any atom is 0.226 e. The Morgan fingerprint density at radius 3 is 2.42 bits per heavy atom. The van der Waals surface area contributed by atoms with Crippen molar-refractivity contribution in [2.45, 2.75) is 57.9 Å². The van der Waals surface area contributed by atoms with Crippen LogP contribution >= 0.6 is 23.2 Å². The highest BCUT2D eigenvalue weighted by atomic mass is 35.5. The number of hydrogen-bond acceptors (Lipinski definition) is 2. The molecule has 0 heterocycles. The third kappa shape index (κ3) is 5.67. The fraction of sp³-hybridized carbons (Fsp3) is 0.556. The normalized spacial score (nSPS) is 15.6. The van der Waals surface area contributed by atoms with E-state index in [2.05, 4.69) is 5.32 Å². The first-order chi connectivity index (χ1) is 11.5. The second-order valence-corrected chi connectivity index (χ2v) is 7.12. The van der Waals surface area contributed by atoms with Crippen LogP contribution in [0.3, 0.4) is 0 Å². The van der Waals surface area contributed by atoms with E-state index in [0.29, 0.717) is 22.3 Å². The molecule has 0 aromatic heterocycles. The van der Waals surface area contributed by atoms with Gasteiger partial charge < -0.3 is 10.2 Å². The van der Waals surface area contributed by atoms with E-state index in [1.165, 1.54) is 12.8 Å². The summed E-state index contributed by atoms with van der Waals surface area (Å²) in [4.78, 5) is 26.0. The van der Waals surface area contributed by atoms with Crippen molar-refractivity contribution in [2.24, 2.45) is 0 Å². The van der Waals surface area contributed by atoms with E-state index in [9.17, 15) is 9.59 Å². The number of nitrogens with zero attached hydrogens (tertiary/aromatic N) is 1. The molecule has 1 saturated carbocycles. The third-order valence-corrected chi connectivity index (χ3v) is 5.00. The summed E-state index contributed by atoms with van der Waals surface area (Å²) < 4.78 is 0. The third-order valence-electron chi connectivity index (χ3n) is 4.45. The Labute approximate surface area is 153 Å². The van der Waals surface area contributed by atoms with Gasteiger partial charge in [0.15, 0.2) is 0 Å². The Bertz CT molecular complexity index is 584. The first-order valence-electron chi connectivity index (χ1n) is 8.49. The number of benzene rings is 1. The van der Waals surface area contributed by atoms with Crippen LogP contribution in [0.5, 0.6) is 0 Å². The van der Waals surface area contributed by atoms with Gasteiger partial charge in [-0.05, 0) is 31.0 Å². The highest BCUT2D eigenvalue weighted by Crippen LogP contribution is 2.26. The lowest BCUT2D eigenvalue weighted by molar-refractivity contribution is -0.131. The second kappa shape index (κ2) is 9.28. The lowest BCUT2D eigenvalue weighted by atomic mass is 10.1. The van der Waals surface area contributed by atoms with Gasteiger partial charge in [-0.1, -0.05) is 48.9 Å². The minimum Gasteiger partial charge on any atom is -0.339 e. The van der Waals surface area contributed by atoms with Crippen molar-refractivity contribution in [3.05, 3.63) is 28.2 Å². The summed E-state index contributed by atoms with van der Waals surface area (Å²) in [6, 6.07) is 5.20. The number of rotatable bonds is 5. The van der Waals surface area contributed by atoms with Gasteiger partial charge in [0.05, 0.1) is 10.7 Å². The molecule has 1 fully saturated rings. The highest BCUT2D eigenvalue weighted by Gasteiger charge is 2.22. The molecule has 6 heteroatoms. The number of carbonyl (C=O) groups excluding carboxylic acids is 2. The number of anilines is 1. The van der Waals surface area contributed by atoms with Crippen LogP contribution in [0.2, 0.25) is 10.0 Å². The van der Waals surface area contributed by atoms with Crippen molar-refractivity contribution in [2.75, 3.05) is 11.9 Å². The molecule has 1 N–H and O–H groups in total. The maximum atomic E-state index is 12.2. The van der Waals surface area contributed by atoms with E-state index in [0.717, 1.165) is 25.7 Å². The number of nitrogens with one attached hydrogen (secondary N) is 1. The Kier molecular flexibility index (Phi) is 7.38. The van der Waals surface area contributed by atoms with E-state index >= 15 is 0 Å². The molecule has 1 aliphatic carbocycles. The molecule has 0 saturated heterocycles. The first-order valence-corrected chi connectivity index (χ1v) is 9.25. The van der Waals surface area contributed by atoms with E-state index < -0.39 is 0 Å². The standard InChI is InChI=1S/C18H24Cl2N2O2/c1-13(23)22(15-6-4-2-3-5-7-15)11-10-18(24)21-17-9-8-14(19)12-16(17)20/h8-9,12,15H,2-7,10-11H2,1H3,(H,21,24). The summed E-state index contributed by atoms with van der Waals surface area (Å²) in [5.41, 5.74) is 0.537. The minimum atomic E-state index is -0.154. The Morgan fingerprint density at radius 2 is 1.83 bits per heavy atom. The van der Waals surface area contributed by atoms with E-state index in [1.54, 1.807) is 25.1 Å². The Morgan fingerprint density at radius 1 is 1.17 bits per heavy atom. The average Bonchev–Trinajstić information content (AvgIpc) is 2.79. The fourth-order valence-corrected chi connectivity index (χ4v) is 3.65. The Hall–Kier alpha value is -1.26. The predicted octanol–water partition coefficient (Wildman–Crippen LogP) is 4.89. The van der Waals surface area contributed by atoms with Gasteiger partial charge in [-0.3, -0.25) is 9.59 Å². The average molecular weight is 371 g/mol. The van der Waals surface area contributed by atoms with Crippen LogP contribution in [-0.4, -0.2) is 29.3 Å². The molecule has 132 valence electrons. The van der Waals surface area contributed by atoms with Crippen molar-refractivity contribution >= 4 is 40.7 Å². The monoisotopic (exact) mass is 370 g/mol. The van der Waals surface area contributed by atoms with Gasteiger partial charge in [-0.15, -0.1) is 0 Å². The van der Waals surface area contributed by atoms with Gasteiger partial charge >= 0.3 is 0 Å². The van der Waals surface area contributed by atoms with Gasteiger partial charge in [-0.2, -0.15) is 0 Å². The summed E-state index contributed by atoms with van der Waals surface area (Å²) in [7, 11) is 0. The van der Waals surface area contributed by atoms with Crippen molar-refractivity contribution in [1.82, 2.24) is 4.90 Å². The van der Waals surface area contributed by atoms with Crippen LogP contribution in [0.4, 0.5) is 5.69 Å². The first kappa shape index (κ1) is 19.1. The molecule has 1 aromatic rings. The lowest BCUT2D eigenvalue weighted by Crippen LogP contribution is -2.40. The molecule has 0 bridgehead atoms. The molecule has 1 aliphatic rings. The molecule has 0 atom stereocenters. The number of halogens is 2. The summed E-state index contributed by atoms with van der Waals surface area (Å²) >= 11 is 11.9. The zero-order valence-corrected chi connectivity index (χ0v) is 15.5. The molecule has 2 rings (SSSR count). The van der Waals surface area contributed by atoms with Gasteiger partial charge in [0.1, 0.15) is 0 Å². The molecule has 1 aromatic carbocycles. The summed E-state index contributed by atoms with van der Waals surface area (Å²) in [6.07, 6.45) is 7.10. The summed E-state index contributed by atoms with van der Waals surface area (Å²) in [5.74, 6) is -0.113. The van der Waals surface area contributed by atoms with E-state index in [1.807, 2.05) is 4.90 Å². The molecule has 0 radical (unpaired) electrons. The zero-order chi connectivity index (χ0) is 17.5. The highest BCUT2D eigenvalue weighted by molar-refractivity contribution is 6.36. The molecular weight excluding hydrogens is 347 g/mol. The number of amides is 2. The number of carbonyl (C=O) groups is 2. The molecular formula is C18H24Cl2N2O2. The minimum absolute atomic E-state index is 0.0409. The van der Waals surface area contributed by atoms with Crippen molar-refractivity contribution in [1.29, 1.82) is 0 Å². The van der Waals surface area contributed by atoms with Crippen molar-refractivity contribution in [3.63, 3.8) is 0 Å². The van der Waals surface area contributed by atoms with E-state index in [-0.39, 0.29) is 24.3 Å². The van der Waals surface area contributed by atoms with Crippen LogP contribution in [0, 0.1) is 0 Å². The lowest BCUT2D eigenvalue weighted by Gasteiger charge is -2.30.